The molecule has 1 fully saturated rings. The number of benzene rings is 2. The fourth-order valence-electron chi connectivity index (χ4n) is 2.99. The summed E-state index contributed by atoms with van der Waals surface area (Å²) in [4.78, 5) is 12.8. The summed E-state index contributed by atoms with van der Waals surface area (Å²) in [5.74, 6) is -0.0850. The maximum atomic E-state index is 12.8. The number of hydrogen-bond acceptors (Lipinski definition) is 3. The van der Waals surface area contributed by atoms with Gasteiger partial charge in [0.25, 0.3) is 0 Å². The summed E-state index contributed by atoms with van der Waals surface area (Å²) in [6.07, 6.45) is 0. The number of hydrogen-bond donors (Lipinski definition) is 1. The monoisotopic (exact) mass is 399 g/mol. The second-order valence-electron chi connectivity index (χ2n) is 8.80. The van der Waals surface area contributed by atoms with Crippen molar-refractivity contribution in [1.29, 1.82) is 0 Å². The summed E-state index contributed by atoms with van der Waals surface area (Å²) in [5.41, 5.74) is 1.11. The van der Waals surface area contributed by atoms with Gasteiger partial charge >= 0.3 is 7.12 Å². The van der Waals surface area contributed by atoms with Gasteiger partial charge in [0.1, 0.15) is 0 Å². The van der Waals surface area contributed by atoms with E-state index in [2.05, 4.69) is 5.32 Å². The van der Waals surface area contributed by atoms with Crippen LogP contribution in [0.25, 0.3) is 0 Å². The van der Waals surface area contributed by atoms with E-state index < -0.39 is 12.5 Å². The maximum absolute atomic E-state index is 12.8. The molecule has 2 aromatic carbocycles. The second-order valence-corrected chi connectivity index (χ2v) is 9.23. The molecule has 28 heavy (non-hydrogen) atoms. The number of anilines is 1. The highest BCUT2D eigenvalue weighted by Crippen LogP contribution is 2.36. The molecule has 1 N–H and O–H groups in total. The lowest BCUT2D eigenvalue weighted by molar-refractivity contribution is -0.120. The zero-order chi connectivity index (χ0) is 20.7. The number of halogens is 1. The molecule has 1 heterocycles. The van der Waals surface area contributed by atoms with Crippen LogP contribution in [0.3, 0.4) is 0 Å². The molecule has 0 spiro atoms. The van der Waals surface area contributed by atoms with Crippen LogP contribution in [0.4, 0.5) is 5.69 Å². The summed E-state index contributed by atoms with van der Waals surface area (Å²) >= 11 is 5.95. The fraction of sp³-hybridized carbons (Fsp3) is 0.409. The quantitative estimate of drug-likeness (QED) is 0.767. The lowest BCUT2D eigenvalue weighted by Gasteiger charge is -2.32. The zero-order valence-electron chi connectivity index (χ0n) is 17.3. The number of carbonyl (C=O) groups excluding carboxylic acids is 1. The van der Waals surface area contributed by atoms with Gasteiger partial charge in [-0.15, -0.1) is 0 Å². The Hall–Kier alpha value is -1.82. The molecular formula is C22H27BClNO3. The molecule has 4 nitrogen and oxygen atoms in total. The largest absolute Gasteiger partial charge is 0.494 e. The fourth-order valence-corrected chi connectivity index (χ4v) is 3.11. The SMILES string of the molecule is CC(C)(C(=O)Nc1ccc(B2OC(C)(C)C(C)(C)O2)cc1)c1ccc(Cl)cc1. The third kappa shape index (κ3) is 3.98. The normalized spacial score (nSPS) is 18.2. The van der Waals surface area contributed by atoms with Gasteiger partial charge in [0.05, 0.1) is 16.6 Å². The van der Waals surface area contributed by atoms with E-state index in [0.29, 0.717) is 5.02 Å². The molecule has 1 amide bonds. The zero-order valence-corrected chi connectivity index (χ0v) is 18.1. The van der Waals surface area contributed by atoms with Crippen LogP contribution < -0.4 is 10.8 Å². The van der Waals surface area contributed by atoms with Gasteiger partial charge in [-0.25, -0.2) is 0 Å². The lowest BCUT2D eigenvalue weighted by Crippen LogP contribution is -2.41. The molecule has 0 aliphatic carbocycles. The molecule has 1 aliphatic heterocycles. The smallest absolute Gasteiger partial charge is 0.399 e. The van der Waals surface area contributed by atoms with E-state index in [0.717, 1.165) is 16.7 Å². The Morgan fingerprint density at radius 3 is 1.93 bits per heavy atom. The first kappa shape index (κ1) is 20.9. The molecule has 0 bridgehead atoms. The Morgan fingerprint density at radius 2 is 1.43 bits per heavy atom. The summed E-state index contributed by atoms with van der Waals surface area (Å²) in [6, 6.07) is 14.9. The molecule has 1 saturated heterocycles. The number of nitrogens with one attached hydrogen (secondary N) is 1. The number of amides is 1. The van der Waals surface area contributed by atoms with E-state index in [9.17, 15) is 4.79 Å². The van der Waals surface area contributed by atoms with Crippen molar-refractivity contribution in [1.82, 2.24) is 0 Å². The van der Waals surface area contributed by atoms with Gasteiger partial charge in [0, 0.05) is 10.7 Å². The van der Waals surface area contributed by atoms with Crippen LogP contribution >= 0.6 is 11.6 Å². The first-order valence-electron chi connectivity index (χ1n) is 9.45. The minimum absolute atomic E-state index is 0.0850. The van der Waals surface area contributed by atoms with E-state index in [1.807, 2.05) is 77.9 Å². The Bertz CT molecular complexity index is 844. The van der Waals surface area contributed by atoms with Crippen LogP contribution in [0.5, 0.6) is 0 Å². The summed E-state index contributed by atoms with van der Waals surface area (Å²) in [6.45, 7) is 11.9. The Morgan fingerprint density at radius 1 is 0.929 bits per heavy atom. The molecule has 148 valence electrons. The predicted octanol–water partition coefficient (Wildman–Crippen LogP) is 4.56. The van der Waals surface area contributed by atoms with Crippen LogP contribution in [0.15, 0.2) is 48.5 Å². The van der Waals surface area contributed by atoms with Crippen LogP contribution in [-0.4, -0.2) is 24.2 Å². The Kier molecular flexibility index (Phi) is 5.39. The highest BCUT2D eigenvalue weighted by Gasteiger charge is 2.51. The van der Waals surface area contributed by atoms with Gasteiger partial charge in [-0.1, -0.05) is 35.9 Å². The third-order valence-corrected chi connectivity index (χ3v) is 6.08. The number of rotatable bonds is 4. The minimum atomic E-state index is -0.686. The molecule has 0 aromatic heterocycles. The van der Waals surface area contributed by atoms with Gasteiger partial charge in [0.15, 0.2) is 0 Å². The molecule has 3 rings (SSSR count). The predicted molar refractivity (Wildman–Crippen MR) is 115 cm³/mol. The van der Waals surface area contributed by atoms with Crippen molar-refractivity contribution in [3.63, 3.8) is 0 Å². The van der Waals surface area contributed by atoms with Crippen molar-refractivity contribution in [2.45, 2.75) is 58.2 Å². The van der Waals surface area contributed by atoms with Crippen molar-refractivity contribution in [3.05, 3.63) is 59.1 Å². The standard InChI is InChI=1S/C22H27BClNO3/c1-20(2,15-7-11-17(24)12-8-15)19(26)25-18-13-9-16(10-14-18)23-27-21(3,4)22(5,6)28-23/h7-14H,1-6H3,(H,25,26). The molecule has 0 atom stereocenters. The van der Waals surface area contributed by atoms with Crippen LogP contribution in [0, 0.1) is 0 Å². The van der Waals surface area contributed by atoms with Crippen molar-refractivity contribution in [3.8, 4) is 0 Å². The van der Waals surface area contributed by atoms with E-state index in [1.165, 1.54) is 0 Å². The molecular weight excluding hydrogens is 373 g/mol. The summed E-state index contributed by atoms with van der Waals surface area (Å²) in [7, 11) is -0.416. The van der Waals surface area contributed by atoms with Crippen molar-refractivity contribution in [2.24, 2.45) is 0 Å². The average molecular weight is 400 g/mol. The lowest BCUT2D eigenvalue weighted by atomic mass is 9.79. The Labute approximate surface area is 172 Å². The van der Waals surface area contributed by atoms with E-state index in [1.54, 1.807) is 12.1 Å². The van der Waals surface area contributed by atoms with E-state index >= 15 is 0 Å². The van der Waals surface area contributed by atoms with Crippen molar-refractivity contribution in [2.75, 3.05) is 5.32 Å². The third-order valence-electron chi connectivity index (χ3n) is 5.83. The summed E-state index contributed by atoms with van der Waals surface area (Å²) in [5, 5.41) is 3.64. The number of carbonyl (C=O) groups is 1. The summed E-state index contributed by atoms with van der Waals surface area (Å²) < 4.78 is 12.1. The van der Waals surface area contributed by atoms with Gasteiger partial charge in [-0.3, -0.25) is 4.79 Å². The minimum Gasteiger partial charge on any atom is -0.399 e. The Balaban J connectivity index is 1.71. The topological polar surface area (TPSA) is 47.6 Å². The van der Waals surface area contributed by atoms with Crippen LogP contribution in [0.2, 0.25) is 5.02 Å². The first-order valence-corrected chi connectivity index (χ1v) is 9.83. The van der Waals surface area contributed by atoms with E-state index in [4.69, 9.17) is 20.9 Å². The highest BCUT2D eigenvalue weighted by molar-refractivity contribution is 6.62. The van der Waals surface area contributed by atoms with Crippen LogP contribution in [0.1, 0.15) is 47.1 Å². The van der Waals surface area contributed by atoms with Crippen molar-refractivity contribution >= 4 is 35.8 Å². The van der Waals surface area contributed by atoms with Crippen LogP contribution in [-0.2, 0) is 19.5 Å². The van der Waals surface area contributed by atoms with Crippen molar-refractivity contribution < 1.29 is 14.1 Å². The molecule has 0 radical (unpaired) electrons. The second kappa shape index (κ2) is 7.22. The maximum Gasteiger partial charge on any atom is 0.494 e. The van der Waals surface area contributed by atoms with Gasteiger partial charge in [-0.05, 0) is 76.8 Å². The highest BCUT2D eigenvalue weighted by atomic mass is 35.5. The molecule has 6 heteroatoms. The van der Waals surface area contributed by atoms with Gasteiger partial charge < -0.3 is 14.6 Å². The van der Waals surface area contributed by atoms with Gasteiger partial charge in [-0.2, -0.15) is 0 Å². The van der Waals surface area contributed by atoms with Gasteiger partial charge in [0.2, 0.25) is 5.91 Å². The molecule has 2 aromatic rings. The molecule has 0 unspecified atom stereocenters. The molecule has 0 saturated carbocycles. The van der Waals surface area contributed by atoms with E-state index in [-0.39, 0.29) is 17.1 Å². The first-order chi connectivity index (χ1) is 12.9. The average Bonchev–Trinajstić information content (AvgIpc) is 2.83. The molecule has 1 aliphatic rings.